The zero-order chi connectivity index (χ0) is 17.4. The fourth-order valence-corrected chi connectivity index (χ4v) is 4.40. The summed E-state index contributed by atoms with van der Waals surface area (Å²) in [6, 6.07) is 7.83. The summed E-state index contributed by atoms with van der Waals surface area (Å²) >= 11 is 0. The van der Waals surface area contributed by atoms with Crippen LogP contribution in [0.15, 0.2) is 24.3 Å². The monoisotopic (exact) mass is 343 g/mol. The number of aromatic nitrogens is 2. The highest BCUT2D eigenvalue weighted by Crippen LogP contribution is 2.50. The maximum absolute atomic E-state index is 12.7. The summed E-state index contributed by atoms with van der Waals surface area (Å²) in [6.45, 7) is 4.04. The second-order valence-electron chi connectivity index (χ2n) is 7.21. The predicted octanol–water partition coefficient (Wildman–Crippen LogP) is 1.88. The highest BCUT2D eigenvalue weighted by molar-refractivity contribution is 5.87. The number of aromatic amines is 1. The Bertz CT molecular complexity index is 762. The van der Waals surface area contributed by atoms with E-state index in [2.05, 4.69) is 10.2 Å². The van der Waals surface area contributed by atoms with Gasteiger partial charge in [0.15, 0.2) is 0 Å². The maximum Gasteiger partial charge on any atom is 0.228 e. The molecule has 1 amide bonds. The molecule has 6 heteroatoms. The molecule has 1 aliphatic heterocycles. The molecule has 1 spiro atoms. The van der Waals surface area contributed by atoms with Gasteiger partial charge in [-0.2, -0.15) is 5.10 Å². The lowest BCUT2D eigenvalue weighted by Crippen LogP contribution is -2.62. The molecule has 0 unspecified atom stereocenters. The fraction of sp³-hybridized carbons (Fsp3) is 0.579. The van der Waals surface area contributed by atoms with E-state index in [0.29, 0.717) is 26.1 Å². The molecule has 1 saturated heterocycles. The summed E-state index contributed by atoms with van der Waals surface area (Å²) in [5.74, 6) is 0.117. The molecule has 1 aromatic heterocycles. The Kier molecular flexibility index (Phi) is 4.25. The van der Waals surface area contributed by atoms with Crippen molar-refractivity contribution in [2.45, 2.75) is 44.8 Å². The van der Waals surface area contributed by atoms with Crippen LogP contribution in [0.3, 0.4) is 0 Å². The van der Waals surface area contributed by atoms with Crippen molar-refractivity contribution in [2.24, 2.45) is 5.41 Å². The van der Waals surface area contributed by atoms with Crippen LogP contribution in [0, 0.1) is 5.41 Å². The van der Waals surface area contributed by atoms with Crippen LogP contribution in [0.1, 0.15) is 31.9 Å². The standard InChI is InChI=1S/C19H25N3O3/c1-2-25-17-12-16(23)19(17)7-9-22(10-8-19)18(24)11-15-13-5-3-4-6-14(13)20-21-15/h3-6,16-17,23H,2,7-12H2,1H3,(H,20,21)/t16-,17+/m1/s1. The number of fused-ring (bicyclic) bond motifs is 1. The first-order valence-electron chi connectivity index (χ1n) is 9.13. The number of para-hydroxylation sites is 1. The molecule has 2 heterocycles. The molecule has 0 radical (unpaired) electrons. The second kappa shape index (κ2) is 6.42. The van der Waals surface area contributed by atoms with E-state index in [4.69, 9.17) is 4.74 Å². The summed E-state index contributed by atoms with van der Waals surface area (Å²) in [7, 11) is 0. The molecule has 1 saturated carbocycles. The zero-order valence-corrected chi connectivity index (χ0v) is 14.6. The Hall–Kier alpha value is -1.92. The van der Waals surface area contributed by atoms with Crippen LogP contribution in [0.2, 0.25) is 0 Å². The molecule has 2 fully saturated rings. The highest BCUT2D eigenvalue weighted by Gasteiger charge is 2.56. The lowest BCUT2D eigenvalue weighted by atomic mass is 9.58. The van der Waals surface area contributed by atoms with Gasteiger partial charge in [-0.3, -0.25) is 9.89 Å². The molecule has 134 valence electrons. The van der Waals surface area contributed by atoms with Crippen molar-refractivity contribution in [1.82, 2.24) is 15.1 Å². The van der Waals surface area contributed by atoms with Crippen molar-refractivity contribution >= 4 is 16.8 Å². The van der Waals surface area contributed by atoms with E-state index in [0.717, 1.165) is 35.9 Å². The topological polar surface area (TPSA) is 78.5 Å². The number of rotatable bonds is 4. The third-order valence-corrected chi connectivity index (χ3v) is 6.03. The van der Waals surface area contributed by atoms with Crippen molar-refractivity contribution in [2.75, 3.05) is 19.7 Å². The van der Waals surface area contributed by atoms with Gasteiger partial charge in [0.2, 0.25) is 5.91 Å². The first-order chi connectivity index (χ1) is 12.1. The first-order valence-corrected chi connectivity index (χ1v) is 9.13. The van der Waals surface area contributed by atoms with E-state index in [1.54, 1.807) is 0 Å². The Morgan fingerprint density at radius 3 is 2.88 bits per heavy atom. The predicted molar refractivity (Wildman–Crippen MR) is 94.1 cm³/mol. The summed E-state index contributed by atoms with van der Waals surface area (Å²) in [5.41, 5.74) is 1.62. The molecule has 1 aromatic carbocycles. The number of piperidine rings is 1. The molecule has 1 aliphatic carbocycles. The maximum atomic E-state index is 12.7. The average molecular weight is 343 g/mol. The van der Waals surface area contributed by atoms with E-state index in [1.807, 2.05) is 36.1 Å². The number of H-pyrrole nitrogens is 1. The van der Waals surface area contributed by atoms with Gasteiger partial charge in [-0.25, -0.2) is 0 Å². The SMILES string of the molecule is CCO[C@H]1C[C@@H](O)C12CCN(C(=O)Cc1[nH]nc3ccccc13)CC2. The number of aliphatic hydroxyl groups is 1. The number of carbonyl (C=O) groups is 1. The van der Waals surface area contributed by atoms with Crippen molar-refractivity contribution in [3.05, 3.63) is 30.0 Å². The minimum atomic E-state index is -0.294. The minimum absolute atomic E-state index is 0.117. The smallest absolute Gasteiger partial charge is 0.228 e. The van der Waals surface area contributed by atoms with Gasteiger partial charge >= 0.3 is 0 Å². The number of hydrogen-bond donors (Lipinski definition) is 2. The molecule has 4 rings (SSSR count). The van der Waals surface area contributed by atoms with Crippen LogP contribution in [-0.2, 0) is 16.0 Å². The number of aliphatic hydroxyl groups excluding tert-OH is 1. The highest BCUT2D eigenvalue weighted by atomic mass is 16.5. The van der Waals surface area contributed by atoms with Gasteiger partial charge in [-0.05, 0) is 25.8 Å². The molecule has 0 bridgehead atoms. The van der Waals surface area contributed by atoms with Gasteiger partial charge in [0.25, 0.3) is 0 Å². The number of carbonyl (C=O) groups excluding carboxylic acids is 1. The number of nitrogens with zero attached hydrogens (tertiary/aromatic N) is 2. The van der Waals surface area contributed by atoms with Crippen LogP contribution in [-0.4, -0.2) is 58.0 Å². The average Bonchev–Trinajstić information content (AvgIpc) is 3.05. The number of ether oxygens (including phenoxy) is 1. The summed E-state index contributed by atoms with van der Waals surface area (Å²) in [4.78, 5) is 14.6. The van der Waals surface area contributed by atoms with Crippen LogP contribution in [0.4, 0.5) is 0 Å². The first kappa shape index (κ1) is 16.5. The van der Waals surface area contributed by atoms with E-state index in [1.165, 1.54) is 0 Å². The van der Waals surface area contributed by atoms with Crippen molar-refractivity contribution in [3.8, 4) is 0 Å². The number of benzene rings is 1. The van der Waals surface area contributed by atoms with E-state index < -0.39 is 0 Å². The number of nitrogens with one attached hydrogen (secondary N) is 1. The van der Waals surface area contributed by atoms with Crippen LogP contribution in [0.25, 0.3) is 10.9 Å². The van der Waals surface area contributed by atoms with Crippen LogP contribution in [0.5, 0.6) is 0 Å². The molecular weight excluding hydrogens is 318 g/mol. The van der Waals surface area contributed by atoms with Gasteiger partial charge in [0, 0.05) is 36.9 Å². The minimum Gasteiger partial charge on any atom is -0.392 e. The third-order valence-electron chi connectivity index (χ3n) is 6.03. The molecule has 25 heavy (non-hydrogen) atoms. The third kappa shape index (κ3) is 2.73. The number of hydrogen-bond acceptors (Lipinski definition) is 4. The molecule has 2 aliphatic rings. The normalized spacial score (nSPS) is 25.3. The van der Waals surface area contributed by atoms with Crippen molar-refractivity contribution in [3.63, 3.8) is 0 Å². The summed E-state index contributed by atoms with van der Waals surface area (Å²) < 4.78 is 5.79. The Morgan fingerprint density at radius 2 is 2.16 bits per heavy atom. The van der Waals surface area contributed by atoms with Gasteiger partial charge in [-0.1, -0.05) is 18.2 Å². The fourth-order valence-electron chi connectivity index (χ4n) is 4.40. The molecule has 2 N–H and O–H groups in total. The quantitative estimate of drug-likeness (QED) is 0.888. The molecule has 2 aromatic rings. The lowest BCUT2D eigenvalue weighted by molar-refractivity contribution is -0.210. The Balaban J connectivity index is 1.40. The largest absolute Gasteiger partial charge is 0.392 e. The van der Waals surface area contributed by atoms with Crippen LogP contribution >= 0.6 is 0 Å². The Morgan fingerprint density at radius 1 is 1.40 bits per heavy atom. The van der Waals surface area contributed by atoms with Gasteiger partial charge in [0.1, 0.15) is 0 Å². The van der Waals surface area contributed by atoms with Crippen LogP contribution < -0.4 is 0 Å². The number of likely N-dealkylation sites (tertiary alicyclic amines) is 1. The van der Waals surface area contributed by atoms with E-state index >= 15 is 0 Å². The second-order valence-corrected chi connectivity index (χ2v) is 7.21. The molecule has 2 atom stereocenters. The summed E-state index contributed by atoms with van der Waals surface area (Å²) in [6.07, 6.45) is 2.54. The van der Waals surface area contributed by atoms with Gasteiger partial charge in [0.05, 0.1) is 29.8 Å². The van der Waals surface area contributed by atoms with E-state index in [-0.39, 0.29) is 23.5 Å². The van der Waals surface area contributed by atoms with Gasteiger partial charge < -0.3 is 14.7 Å². The zero-order valence-electron chi connectivity index (χ0n) is 14.6. The van der Waals surface area contributed by atoms with Crippen molar-refractivity contribution in [1.29, 1.82) is 0 Å². The Labute approximate surface area is 147 Å². The lowest BCUT2D eigenvalue weighted by Gasteiger charge is -2.56. The molecular formula is C19H25N3O3. The van der Waals surface area contributed by atoms with Crippen molar-refractivity contribution < 1.29 is 14.6 Å². The summed E-state index contributed by atoms with van der Waals surface area (Å²) in [5, 5.41) is 18.5. The van der Waals surface area contributed by atoms with Gasteiger partial charge in [-0.15, -0.1) is 0 Å². The van der Waals surface area contributed by atoms with E-state index in [9.17, 15) is 9.90 Å². The number of amides is 1. The molecule has 6 nitrogen and oxygen atoms in total.